The second kappa shape index (κ2) is 5.81. The van der Waals surface area contributed by atoms with Crippen LogP contribution >= 0.6 is 15.9 Å². The summed E-state index contributed by atoms with van der Waals surface area (Å²) in [7, 11) is -2.86. The molecule has 0 aromatic heterocycles. The molecule has 1 heterocycles. The fourth-order valence-corrected chi connectivity index (χ4v) is 4.73. The third kappa shape index (κ3) is 4.47. The molecule has 0 amide bonds. The van der Waals surface area contributed by atoms with Crippen molar-refractivity contribution in [2.75, 3.05) is 24.7 Å². The molecule has 0 bridgehead atoms. The maximum atomic E-state index is 11.5. The molecule has 1 aromatic carbocycles. The van der Waals surface area contributed by atoms with Crippen LogP contribution in [0.1, 0.15) is 13.3 Å². The minimum Gasteiger partial charge on any atom is -0.492 e. The van der Waals surface area contributed by atoms with Crippen LogP contribution in [0.15, 0.2) is 28.7 Å². The first-order valence-electron chi connectivity index (χ1n) is 6.22. The van der Waals surface area contributed by atoms with E-state index < -0.39 is 9.84 Å². The molecule has 106 valence electrons. The Bertz CT molecular complexity index is 547. The Labute approximate surface area is 122 Å². The Morgan fingerprint density at radius 1 is 1.47 bits per heavy atom. The predicted molar refractivity (Wildman–Crippen MR) is 79.3 cm³/mol. The van der Waals surface area contributed by atoms with Gasteiger partial charge in [-0.1, -0.05) is 22.0 Å². The minimum atomic E-state index is -2.86. The first kappa shape index (κ1) is 14.8. The molecule has 19 heavy (non-hydrogen) atoms. The number of hydrogen-bond donors (Lipinski definition) is 1. The summed E-state index contributed by atoms with van der Waals surface area (Å²) in [6.45, 7) is 3.11. The SMILES string of the molecule is CC1(NCCOc2cccc(Br)c2)CCS(=O)(=O)C1. The lowest BCUT2D eigenvalue weighted by atomic mass is 10.0. The zero-order valence-electron chi connectivity index (χ0n) is 10.9. The molecule has 1 unspecified atom stereocenters. The van der Waals surface area contributed by atoms with Crippen molar-refractivity contribution in [1.29, 1.82) is 0 Å². The fraction of sp³-hybridized carbons (Fsp3) is 0.538. The molecule has 0 aliphatic carbocycles. The Morgan fingerprint density at radius 3 is 2.89 bits per heavy atom. The summed E-state index contributed by atoms with van der Waals surface area (Å²) in [5.74, 6) is 1.31. The van der Waals surface area contributed by atoms with Crippen LogP contribution in [0.2, 0.25) is 0 Å². The third-order valence-corrected chi connectivity index (χ3v) is 5.62. The Balaban J connectivity index is 1.76. The molecule has 1 N–H and O–H groups in total. The number of halogens is 1. The molecule has 4 nitrogen and oxygen atoms in total. The van der Waals surface area contributed by atoms with E-state index in [2.05, 4.69) is 21.2 Å². The van der Waals surface area contributed by atoms with Gasteiger partial charge in [0.2, 0.25) is 0 Å². The summed E-state index contributed by atoms with van der Waals surface area (Å²) < 4.78 is 29.5. The molecule has 1 aliphatic heterocycles. The van der Waals surface area contributed by atoms with E-state index in [0.29, 0.717) is 19.6 Å². The van der Waals surface area contributed by atoms with Crippen molar-refractivity contribution in [1.82, 2.24) is 5.32 Å². The lowest BCUT2D eigenvalue weighted by Crippen LogP contribution is -2.45. The molecule has 0 saturated carbocycles. The lowest BCUT2D eigenvalue weighted by Gasteiger charge is -2.23. The zero-order valence-corrected chi connectivity index (χ0v) is 13.3. The monoisotopic (exact) mass is 347 g/mol. The first-order chi connectivity index (χ1) is 8.89. The van der Waals surface area contributed by atoms with Gasteiger partial charge in [0, 0.05) is 16.6 Å². The maximum absolute atomic E-state index is 11.5. The van der Waals surface area contributed by atoms with Crippen molar-refractivity contribution in [2.24, 2.45) is 0 Å². The molecule has 0 spiro atoms. The number of hydrogen-bond acceptors (Lipinski definition) is 4. The highest BCUT2D eigenvalue weighted by Crippen LogP contribution is 2.22. The highest BCUT2D eigenvalue weighted by Gasteiger charge is 2.37. The van der Waals surface area contributed by atoms with Gasteiger partial charge in [-0.15, -0.1) is 0 Å². The Kier molecular flexibility index (Phi) is 4.53. The van der Waals surface area contributed by atoms with E-state index in [9.17, 15) is 8.42 Å². The van der Waals surface area contributed by atoms with Crippen LogP contribution in [-0.2, 0) is 9.84 Å². The van der Waals surface area contributed by atoms with Gasteiger partial charge in [-0.25, -0.2) is 8.42 Å². The van der Waals surface area contributed by atoms with Gasteiger partial charge >= 0.3 is 0 Å². The van der Waals surface area contributed by atoms with Crippen LogP contribution < -0.4 is 10.1 Å². The topological polar surface area (TPSA) is 55.4 Å². The smallest absolute Gasteiger partial charge is 0.152 e. The van der Waals surface area contributed by atoms with Crippen molar-refractivity contribution in [3.63, 3.8) is 0 Å². The van der Waals surface area contributed by atoms with Crippen LogP contribution in [0.5, 0.6) is 5.75 Å². The van der Waals surface area contributed by atoms with Crippen LogP contribution in [0.25, 0.3) is 0 Å². The van der Waals surface area contributed by atoms with Gasteiger partial charge < -0.3 is 10.1 Å². The molecular weight excluding hydrogens is 330 g/mol. The second-order valence-corrected chi connectivity index (χ2v) is 8.24. The number of rotatable bonds is 5. The highest BCUT2D eigenvalue weighted by molar-refractivity contribution is 9.10. The van der Waals surface area contributed by atoms with Crippen molar-refractivity contribution < 1.29 is 13.2 Å². The Morgan fingerprint density at radius 2 is 2.26 bits per heavy atom. The van der Waals surface area contributed by atoms with E-state index in [4.69, 9.17) is 4.74 Å². The molecule has 6 heteroatoms. The van der Waals surface area contributed by atoms with Crippen molar-refractivity contribution >= 4 is 25.8 Å². The number of sulfone groups is 1. The lowest BCUT2D eigenvalue weighted by molar-refractivity contribution is 0.286. The molecule has 1 saturated heterocycles. The van der Waals surface area contributed by atoms with Gasteiger partial charge in [-0.3, -0.25) is 0 Å². The largest absolute Gasteiger partial charge is 0.492 e. The standard InChI is InChI=1S/C13H18BrNO3S/c1-13(5-8-19(16,17)10-13)15-6-7-18-12-4-2-3-11(14)9-12/h2-4,9,15H,5-8,10H2,1H3. The third-order valence-electron chi connectivity index (χ3n) is 3.22. The molecule has 1 fully saturated rings. The van der Waals surface area contributed by atoms with Crippen molar-refractivity contribution in [2.45, 2.75) is 18.9 Å². The number of benzene rings is 1. The van der Waals surface area contributed by atoms with Crippen molar-refractivity contribution in [3.8, 4) is 5.75 Å². The quantitative estimate of drug-likeness (QED) is 0.827. The molecule has 1 aliphatic rings. The molecule has 1 atom stereocenters. The molecule has 2 rings (SSSR count). The fourth-order valence-electron chi connectivity index (χ4n) is 2.23. The zero-order chi connectivity index (χ0) is 13.9. The molecule has 0 radical (unpaired) electrons. The normalized spacial score (nSPS) is 25.4. The van der Waals surface area contributed by atoms with Gasteiger partial charge in [0.1, 0.15) is 12.4 Å². The van der Waals surface area contributed by atoms with E-state index in [0.717, 1.165) is 10.2 Å². The van der Waals surface area contributed by atoms with Gasteiger partial charge in [0.15, 0.2) is 9.84 Å². The van der Waals surface area contributed by atoms with E-state index in [1.807, 2.05) is 31.2 Å². The van der Waals surface area contributed by atoms with Gasteiger partial charge in [0.05, 0.1) is 11.5 Å². The second-order valence-electron chi connectivity index (χ2n) is 5.14. The number of ether oxygens (including phenoxy) is 1. The highest BCUT2D eigenvalue weighted by atomic mass is 79.9. The summed E-state index contributed by atoms with van der Waals surface area (Å²) in [6.07, 6.45) is 0.673. The van der Waals surface area contributed by atoms with Gasteiger partial charge in [-0.2, -0.15) is 0 Å². The average Bonchev–Trinajstić information content (AvgIpc) is 2.60. The summed E-state index contributed by atoms with van der Waals surface area (Å²) in [5.41, 5.74) is -0.306. The van der Waals surface area contributed by atoms with Crippen LogP contribution in [0.3, 0.4) is 0 Å². The molecule has 1 aromatic rings. The summed E-state index contributed by atoms with van der Waals surface area (Å²) in [4.78, 5) is 0. The van der Waals surface area contributed by atoms with Crippen LogP contribution in [-0.4, -0.2) is 38.6 Å². The minimum absolute atomic E-state index is 0.219. The predicted octanol–water partition coefficient (Wildman–Crippen LogP) is 1.99. The summed E-state index contributed by atoms with van der Waals surface area (Å²) in [5, 5.41) is 3.28. The maximum Gasteiger partial charge on any atom is 0.152 e. The average molecular weight is 348 g/mol. The number of nitrogens with one attached hydrogen (secondary N) is 1. The summed E-state index contributed by atoms with van der Waals surface area (Å²) >= 11 is 3.38. The van der Waals surface area contributed by atoms with Crippen LogP contribution in [0.4, 0.5) is 0 Å². The van der Waals surface area contributed by atoms with Crippen LogP contribution in [0, 0.1) is 0 Å². The van der Waals surface area contributed by atoms with E-state index in [1.54, 1.807) is 0 Å². The van der Waals surface area contributed by atoms with E-state index in [1.165, 1.54) is 0 Å². The molecular formula is C13H18BrNO3S. The summed E-state index contributed by atoms with van der Waals surface area (Å²) in [6, 6.07) is 7.65. The van der Waals surface area contributed by atoms with E-state index in [-0.39, 0.29) is 17.0 Å². The first-order valence-corrected chi connectivity index (χ1v) is 8.84. The van der Waals surface area contributed by atoms with E-state index >= 15 is 0 Å². The van der Waals surface area contributed by atoms with Gasteiger partial charge in [-0.05, 0) is 31.5 Å². The Hall–Kier alpha value is -0.590. The van der Waals surface area contributed by atoms with Crippen molar-refractivity contribution in [3.05, 3.63) is 28.7 Å². The van der Waals surface area contributed by atoms with Gasteiger partial charge in [0.25, 0.3) is 0 Å².